The molecule has 194 valence electrons. The molecule has 0 N–H and O–H groups in total. The van der Waals surface area contributed by atoms with Gasteiger partial charge in [0.05, 0.1) is 25.5 Å². The summed E-state index contributed by atoms with van der Waals surface area (Å²) in [6, 6.07) is 11.7. The third-order valence-corrected chi connectivity index (χ3v) is 6.79. The van der Waals surface area contributed by atoms with Crippen molar-refractivity contribution in [2.75, 3.05) is 57.9 Å². The molecule has 0 radical (unpaired) electrons. The van der Waals surface area contributed by atoms with Gasteiger partial charge in [0.2, 0.25) is 11.8 Å². The number of methoxy groups -OCH3 is 1. The van der Waals surface area contributed by atoms with E-state index >= 15 is 0 Å². The van der Waals surface area contributed by atoms with Gasteiger partial charge in [0.15, 0.2) is 5.82 Å². The lowest BCUT2D eigenvalue weighted by atomic mass is 10.1. The molecule has 1 atom stereocenters. The van der Waals surface area contributed by atoms with Crippen LogP contribution in [-0.2, 0) is 14.3 Å². The molecule has 2 aliphatic heterocycles. The fourth-order valence-corrected chi connectivity index (χ4v) is 4.70. The second kappa shape index (κ2) is 12.2. The summed E-state index contributed by atoms with van der Waals surface area (Å²) in [5.74, 6) is 1.44. The standard InChI is InChI=1S/C27H37N5O4/c1-20(2)27(34)32(18-23-6-4-17-36-23)19-26(33)31-14-5-13-30(15-16-31)25-12-11-24(28-29-25)21-7-9-22(35-3)10-8-21/h7-12,20,23H,4-6,13-19H2,1-3H3. The van der Waals surface area contributed by atoms with Crippen molar-refractivity contribution in [1.29, 1.82) is 0 Å². The van der Waals surface area contributed by atoms with E-state index in [1.807, 2.05) is 55.1 Å². The molecule has 3 heterocycles. The minimum absolute atomic E-state index is 0.00234. The molecule has 4 rings (SSSR count). The van der Waals surface area contributed by atoms with E-state index in [4.69, 9.17) is 9.47 Å². The van der Waals surface area contributed by atoms with E-state index in [1.54, 1.807) is 12.0 Å². The molecule has 2 saturated heterocycles. The zero-order valence-corrected chi connectivity index (χ0v) is 21.6. The lowest BCUT2D eigenvalue weighted by Gasteiger charge is -2.29. The molecule has 9 heteroatoms. The first kappa shape index (κ1) is 25.9. The van der Waals surface area contributed by atoms with Crippen LogP contribution in [0.25, 0.3) is 11.3 Å². The maximum absolute atomic E-state index is 13.2. The van der Waals surface area contributed by atoms with Crippen LogP contribution in [0, 0.1) is 5.92 Å². The Morgan fingerprint density at radius 1 is 1.06 bits per heavy atom. The summed E-state index contributed by atoms with van der Waals surface area (Å²) in [7, 11) is 1.64. The second-order valence-corrected chi connectivity index (χ2v) is 9.74. The normalized spacial score (nSPS) is 18.3. The van der Waals surface area contributed by atoms with Crippen LogP contribution in [0.15, 0.2) is 36.4 Å². The number of amides is 2. The van der Waals surface area contributed by atoms with Crippen LogP contribution < -0.4 is 9.64 Å². The average Bonchev–Trinajstić information content (AvgIpc) is 3.29. The summed E-state index contributed by atoms with van der Waals surface area (Å²) >= 11 is 0. The van der Waals surface area contributed by atoms with Gasteiger partial charge in [-0.1, -0.05) is 13.8 Å². The summed E-state index contributed by atoms with van der Waals surface area (Å²) in [5.41, 5.74) is 1.78. The van der Waals surface area contributed by atoms with E-state index in [2.05, 4.69) is 15.1 Å². The third kappa shape index (κ3) is 6.51. The Bertz CT molecular complexity index is 1010. The molecule has 1 unspecified atom stereocenters. The van der Waals surface area contributed by atoms with Crippen molar-refractivity contribution in [1.82, 2.24) is 20.0 Å². The maximum atomic E-state index is 13.2. The van der Waals surface area contributed by atoms with Gasteiger partial charge >= 0.3 is 0 Å². The largest absolute Gasteiger partial charge is 0.497 e. The van der Waals surface area contributed by atoms with Crippen molar-refractivity contribution in [2.24, 2.45) is 5.92 Å². The molecule has 0 aliphatic carbocycles. The average molecular weight is 496 g/mol. The smallest absolute Gasteiger partial charge is 0.242 e. The lowest BCUT2D eigenvalue weighted by Crippen LogP contribution is -2.47. The first-order valence-electron chi connectivity index (χ1n) is 12.9. The molecule has 2 aromatic rings. The number of hydrogen-bond donors (Lipinski definition) is 0. The van der Waals surface area contributed by atoms with Gasteiger partial charge in [-0.2, -0.15) is 0 Å². The highest BCUT2D eigenvalue weighted by Gasteiger charge is 2.28. The van der Waals surface area contributed by atoms with Crippen molar-refractivity contribution < 1.29 is 19.1 Å². The number of ether oxygens (including phenoxy) is 2. The first-order chi connectivity index (χ1) is 17.4. The lowest BCUT2D eigenvalue weighted by molar-refractivity contribution is -0.143. The molecular formula is C27H37N5O4. The van der Waals surface area contributed by atoms with Crippen molar-refractivity contribution in [3.05, 3.63) is 36.4 Å². The minimum atomic E-state index is -0.154. The zero-order valence-electron chi connectivity index (χ0n) is 21.6. The monoisotopic (exact) mass is 495 g/mol. The Morgan fingerprint density at radius 3 is 2.50 bits per heavy atom. The van der Waals surface area contributed by atoms with Crippen molar-refractivity contribution in [3.63, 3.8) is 0 Å². The number of carbonyl (C=O) groups is 2. The van der Waals surface area contributed by atoms with Gasteiger partial charge in [-0.15, -0.1) is 10.2 Å². The van der Waals surface area contributed by atoms with Gasteiger partial charge < -0.3 is 24.2 Å². The molecule has 0 saturated carbocycles. The number of hydrogen-bond acceptors (Lipinski definition) is 7. The van der Waals surface area contributed by atoms with E-state index in [0.717, 1.165) is 55.2 Å². The molecule has 36 heavy (non-hydrogen) atoms. The molecular weight excluding hydrogens is 458 g/mol. The summed E-state index contributed by atoms with van der Waals surface area (Å²) < 4.78 is 10.9. The molecule has 9 nitrogen and oxygen atoms in total. The Labute approximate surface area is 213 Å². The van der Waals surface area contributed by atoms with E-state index in [1.165, 1.54) is 0 Å². The fourth-order valence-electron chi connectivity index (χ4n) is 4.70. The predicted octanol–water partition coefficient (Wildman–Crippen LogP) is 2.85. The van der Waals surface area contributed by atoms with Crippen LogP contribution >= 0.6 is 0 Å². The highest BCUT2D eigenvalue weighted by atomic mass is 16.5. The number of anilines is 1. The van der Waals surface area contributed by atoms with Crippen molar-refractivity contribution in [3.8, 4) is 17.0 Å². The predicted molar refractivity (Wildman–Crippen MR) is 138 cm³/mol. The zero-order chi connectivity index (χ0) is 25.5. The Hall–Kier alpha value is -3.20. The van der Waals surface area contributed by atoms with Crippen molar-refractivity contribution >= 4 is 17.6 Å². The quantitative estimate of drug-likeness (QED) is 0.556. The minimum Gasteiger partial charge on any atom is -0.497 e. The highest BCUT2D eigenvalue weighted by molar-refractivity contribution is 5.85. The molecule has 0 bridgehead atoms. The maximum Gasteiger partial charge on any atom is 0.242 e. The van der Waals surface area contributed by atoms with E-state index in [0.29, 0.717) is 26.2 Å². The Balaban J connectivity index is 1.34. The van der Waals surface area contributed by atoms with E-state index in [9.17, 15) is 9.59 Å². The second-order valence-electron chi connectivity index (χ2n) is 9.74. The number of carbonyl (C=O) groups excluding carboxylic acids is 2. The van der Waals surface area contributed by atoms with Crippen molar-refractivity contribution in [2.45, 2.75) is 39.2 Å². The van der Waals surface area contributed by atoms with Gasteiger partial charge in [-0.3, -0.25) is 9.59 Å². The van der Waals surface area contributed by atoms with Gasteiger partial charge in [0.25, 0.3) is 0 Å². The molecule has 2 amide bonds. The van der Waals surface area contributed by atoms with Gasteiger partial charge in [-0.05, 0) is 55.7 Å². The molecule has 1 aromatic heterocycles. The van der Waals surface area contributed by atoms with E-state index < -0.39 is 0 Å². The Kier molecular flexibility index (Phi) is 8.74. The number of nitrogens with zero attached hydrogens (tertiary/aromatic N) is 5. The molecule has 2 fully saturated rings. The van der Waals surface area contributed by atoms with Gasteiger partial charge in [0, 0.05) is 50.8 Å². The molecule has 2 aliphatic rings. The number of aromatic nitrogens is 2. The van der Waals surface area contributed by atoms with Crippen LogP contribution in [0.5, 0.6) is 5.75 Å². The SMILES string of the molecule is COc1ccc(-c2ccc(N3CCCN(C(=O)CN(CC4CCCO4)C(=O)C(C)C)CC3)nn2)cc1. The van der Waals surface area contributed by atoms with E-state index in [-0.39, 0.29) is 30.4 Å². The van der Waals surface area contributed by atoms with Crippen LogP contribution in [0.3, 0.4) is 0 Å². The van der Waals surface area contributed by atoms with Crippen LogP contribution in [0.1, 0.15) is 33.1 Å². The molecule has 0 spiro atoms. The topological polar surface area (TPSA) is 88.1 Å². The third-order valence-electron chi connectivity index (χ3n) is 6.79. The summed E-state index contributed by atoms with van der Waals surface area (Å²) in [4.78, 5) is 31.7. The summed E-state index contributed by atoms with van der Waals surface area (Å²) in [6.07, 6.45) is 2.80. The highest BCUT2D eigenvalue weighted by Crippen LogP contribution is 2.22. The fraction of sp³-hybridized carbons (Fsp3) is 0.556. The number of rotatable bonds is 8. The summed E-state index contributed by atoms with van der Waals surface area (Å²) in [5, 5.41) is 8.88. The number of benzene rings is 1. The summed E-state index contributed by atoms with van der Waals surface area (Å²) in [6.45, 7) is 7.79. The van der Waals surface area contributed by atoms with Crippen LogP contribution in [-0.4, -0.2) is 90.9 Å². The molecule has 1 aromatic carbocycles. The Morgan fingerprint density at radius 2 is 1.86 bits per heavy atom. The van der Waals surface area contributed by atoms with Crippen LogP contribution in [0.2, 0.25) is 0 Å². The first-order valence-corrected chi connectivity index (χ1v) is 12.9. The van der Waals surface area contributed by atoms with Gasteiger partial charge in [-0.25, -0.2) is 0 Å². The van der Waals surface area contributed by atoms with Gasteiger partial charge in [0.1, 0.15) is 5.75 Å². The van der Waals surface area contributed by atoms with Crippen LogP contribution in [0.4, 0.5) is 5.82 Å².